The predicted molar refractivity (Wildman–Crippen MR) is 116 cm³/mol. The molecule has 1 atom stereocenters. The Morgan fingerprint density at radius 2 is 1.53 bits per heavy atom. The van der Waals surface area contributed by atoms with E-state index in [2.05, 4.69) is 16.0 Å². The molecule has 0 aliphatic rings. The minimum absolute atomic E-state index is 0.0349. The van der Waals surface area contributed by atoms with E-state index in [-0.39, 0.29) is 22.2 Å². The average molecular weight is 446 g/mol. The maximum absolute atomic E-state index is 12.4. The molecule has 0 radical (unpaired) electrons. The number of anilines is 1. The fourth-order valence-electron chi connectivity index (χ4n) is 2.84. The molecule has 3 aromatic rings. The molecule has 0 saturated heterocycles. The minimum atomic E-state index is -1.39. The van der Waals surface area contributed by atoms with Crippen LogP contribution in [0.5, 0.6) is 0 Å². The zero-order valence-electron chi connectivity index (χ0n) is 15.5. The van der Waals surface area contributed by atoms with Crippen molar-refractivity contribution in [1.29, 1.82) is 0 Å². The molecule has 7 nitrogen and oxygen atoms in total. The van der Waals surface area contributed by atoms with Crippen LogP contribution in [0, 0.1) is 0 Å². The summed E-state index contributed by atoms with van der Waals surface area (Å²) in [5, 5.41) is 18.8. The van der Waals surface area contributed by atoms with E-state index in [1.165, 1.54) is 12.1 Å². The third-order valence-corrected chi connectivity index (χ3v) is 4.93. The zero-order valence-corrected chi connectivity index (χ0v) is 17.0. The minimum Gasteiger partial charge on any atom is -0.480 e. The van der Waals surface area contributed by atoms with E-state index in [1.807, 2.05) is 30.3 Å². The van der Waals surface area contributed by atoms with Crippen LogP contribution < -0.4 is 16.0 Å². The Kier molecular flexibility index (Phi) is 6.76. The number of aliphatic carboxylic acids is 1. The summed E-state index contributed by atoms with van der Waals surface area (Å²) in [6.45, 7) is -0.347. The topological polar surface area (TPSA) is 108 Å². The molecule has 30 heavy (non-hydrogen) atoms. The number of carboxylic acid groups (broad SMARTS) is 1. The molecule has 3 amide bonds. The van der Waals surface area contributed by atoms with Gasteiger partial charge in [-0.2, -0.15) is 0 Å². The lowest BCUT2D eigenvalue weighted by molar-refractivity contribution is -0.139. The summed E-state index contributed by atoms with van der Waals surface area (Å²) >= 11 is 12.0. The summed E-state index contributed by atoms with van der Waals surface area (Å²) in [5.41, 5.74) is 0.539. The van der Waals surface area contributed by atoms with Gasteiger partial charge in [0.2, 0.25) is 0 Å². The van der Waals surface area contributed by atoms with Crippen molar-refractivity contribution < 1.29 is 19.5 Å². The van der Waals surface area contributed by atoms with Crippen LogP contribution >= 0.6 is 23.2 Å². The van der Waals surface area contributed by atoms with E-state index in [0.29, 0.717) is 5.69 Å². The van der Waals surface area contributed by atoms with Gasteiger partial charge in [-0.15, -0.1) is 0 Å². The zero-order chi connectivity index (χ0) is 21.7. The summed E-state index contributed by atoms with van der Waals surface area (Å²) in [6, 6.07) is 15.5. The number of carbonyl (C=O) groups excluding carboxylic acids is 2. The first-order valence-corrected chi connectivity index (χ1v) is 9.62. The number of amides is 3. The third kappa shape index (κ3) is 5.00. The van der Waals surface area contributed by atoms with Crippen LogP contribution in [0.2, 0.25) is 10.0 Å². The second-order valence-corrected chi connectivity index (χ2v) is 7.14. The largest absolute Gasteiger partial charge is 0.480 e. The SMILES string of the molecule is O=C(NC[C@H](NC(=O)c1c(Cl)cccc1Cl)C(=O)O)Nc1cccc2ccccc12. The van der Waals surface area contributed by atoms with Gasteiger partial charge in [0.15, 0.2) is 0 Å². The molecule has 0 aliphatic heterocycles. The molecule has 3 rings (SSSR count). The van der Waals surface area contributed by atoms with Crippen molar-refractivity contribution in [1.82, 2.24) is 10.6 Å². The van der Waals surface area contributed by atoms with Gasteiger partial charge in [-0.05, 0) is 23.6 Å². The maximum Gasteiger partial charge on any atom is 0.328 e. The lowest BCUT2D eigenvalue weighted by Crippen LogP contribution is -2.49. The smallest absolute Gasteiger partial charge is 0.328 e. The molecule has 0 spiro atoms. The van der Waals surface area contributed by atoms with Crippen molar-refractivity contribution in [3.63, 3.8) is 0 Å². The number of rotatable bonds is 6. The Morgan fingerprint density at radius 1 is 0.900 bits per heavy atom. The second kappa shape index (κ2) is 9.47. The van der Waals surface area contributed by atoms with Crippen LogP contribution in [0.15, 0.2) is 60.7 Å². The summed E-state index contributed by atoms with van der Waals surface area (Å²) in [6.07, 6.45) is 0. The Bertz CT molecular complexity index is 1090. The molecule has 0 heterocycles. The van der Waals surface area contributed by atoms with E-state index in [4.69, 9.17) is 23.2 Å². The third-order valence-electron chi connectivity index (χ3n) is 4.30. The number of hydrogen-bond acceptors (Lipinski definition) is 3. The van der Waals surface area contributed by atoms with Gasteiger partial charge >= 0.3 is 12.0 Å². The molecule has 0 bridgehead atoms. The van der Waals surface area contributed by atoms with Crippen molar-refractivity contribution in [2.24, 2.45) is 0 Å². The summed E-state index contributed by atoms with van der Waals surface area (Å²) < 4.78 is 0. The van der Waals surface area contributed by atoms with Gasteiger partial charge in [0.25, 0.3) is 5.91 Å². The Labute approximate surface area is 182 Å². The molecule has 3 aromatic carbocycles. The first-order chi connectivity index (χ1) is 14.4. The van der Waals surface area contributed by atoms with Crippen LogP contribution in [0.3, 0.4) is 0 Å². The fraction of sp³-hybridized carbons (Fsp3) is 0.0952. The van der Waals surface area contributed by atoms with Gasteiger partial charge in [0.1, 0.15) is 6.04 Å². The van der Waals surface area contributed by atoms with E-state index in [1.54, 1.807) is 18.2 Å². The van der Waals surface area contributed by atoms with Gasteiger partial charge in [-0.1, -0.05) is 65.7 Å². The summed E-state index contributed by atoms with van der Waals surface area (Å²) in [7, 11) is 0. The van der Waals surface area contributed by atoms with E-state index >= 15 is 0 Å². The molecule has 9 heteroatoms. The van der Waals surface area contributed by atoms with Gasteiger partial charge in [0.05, 0.1) is 27.8 Å². The lowest BCUT2D eigenvalue weighted by Gasteiger charge is -2.17. The lowest BCUT2D eigenvalue weighted by atomic mass is 10.1. The number of fused-ring (bicyclic) bond motifs is 1. The van der Waals surface area contributed by atoms with Crippen molar-refractivity contribution in [2.75, 3.05) is 11.9 Å². The molecular weight excluding hydrogens is 429 g/mol. The number of halogens is 2. The van der Waals surface area contributed by atoms with Crippen molar-refractivity contribution in [2.45, 2.75) is 6.04 Å². The highest BCUT2D eigenvalue weighted by molar-refractivity contribution is 6.39. The number of carbonyl (C=O) groups is 3. The van der Waals surface area contributed by atoms with Crippen molar-refractivity contribution in [3.05, 3.63) is 76.3 Å². The van der Waals surface area contributed by atoms with E-state index < -0.39 is 23.9 Å². The average Bonchev–Trinajstić information content (AvgIpc) is 2.71. The van der Waals surface area contributed by atoms with Crippen molar-refractivity contribution in [3.8, 4) is 0 Å². The predicted octanol–water partition coefficient (Wildman–Crippen LogP) is 4.15. The van der Waals surface area contributed by atoms with Crippen LogP contribution in [-0.4, -0.2) is 35.6 Å². The van der Waals surface area contributed by atoms with Gasteiger partial charge in [-0.25, -0.2) is 9.59 Å². The molecule has 0 unspecified atom stereocenters. The first kappa shape index (κ1) is 21.4. The Balaban J connectivity index is 1.65. The van der Waals surface area contributed by atoms with Gasteiger partial charge < -0.3 is 21.1 Å². The van der Waals surface area contributed by atoms with Crippen LogP contribution in [0.4, 0.5) is 10.5 Å². The van der Waals surface area contributed by atoms with Gasteiger partial charge in [0, 0.05) is 5.39 Å². The maximum atomic E-state index is 12.4. The first-order valence-electron chi connectivity index (χ1n) is 8.87. The molecule has 4 N–H and O–H groups in total. The number of benzene rings is 3. The number of carboxylic acids is 1. The summed E-state index contributed by atoms with van der Waals surface area (Å²) in [5.74, 6) is -2.08. The quantitative estimate of drug-likeness (QED) is 0.456. The van der Waals surface area contributed by atoms with Crippen molar-refractivity contribution >= 4 is 57.6 Å². The number of nitrogens with one attached hydrogen (secondary N) is 3. The fourth-order valence-corrected chi connectivity index (χ4v) is 3.41. The monoisotopic (exact) mass is 445 g/mol. The second-order valence-electron chi connectivity index (χ2n) is 6.32. The Hall–Kier alpha value is -3.29. The highest BCUT2D eigenvalue weighted by Gasteiger charge is 2.24. The number of urea groups is 1. The highest BCUT2D eigenvalue weighted by atomic mass is 35.5. The highest BCUT2D eigenvalue weighted by Crippen LogP contribution is 2.24. The summed E-state index contributed by atoms with van der Waals surface area (Å²) in [4.78, 5) is 36.2. The van der Waals surface area contributed by atoms with E-state index in [9.17, 15) is 19.5 Å². The molecule has 0 fully saturated rings. The molecule has 0 saturated carbocycles. The molecule has 0 aliphatic carbocycles. The molecule has 154 valence electrons. The van der Waals surface area contributed by atoms with E-state index in [0.717, 1.165) is 10.8 Å². The van der Waals surface area contributed by atoms with Gasteiger partial charge in [-0.3, -0.25) is 4.79 Å². The van der Waals surface area contributed by atoms with Crippen LogP contribution in [0.1, 0.15) is 10.4 Å². The standard InChI is InChI=1S/C21H17Cl2N3O4/c22-14-8-4-9-15(23)18(14)19(27)25-17(20(28)29)11-24-21(30)26-16-10-3-6-12-5-1-2-7-13(12)16/h1-10,17H,11H2,(H,25,27)(H,28,29)(H2,24,26,30)/t17-/m0/s1. The van der Waals surface area contributed by atoms with Crippen LogP contribution in [0.25, 0.3) is 10.8 Å². The normalized spacial score (nSPS) is 11.5. The molecule has 0 aromatic heterocycles. The molecular formula is C21H17Cl2N3O4. The van der Waals surface area contributed by atoms with Crippen LogP contribution in [-0.2, 0) is 4.79 Å². The number of hydrogen-bond donors (Lipinski definition) is 4. The Morgan fingerprint density at radius 3 is 2.23 bits per heavy atom.